The molecular formula is C21H14FN3. The van der Waals surface area contributed by atoms with Gasteiger partial charge in [0.05, 0.1) is 16.9 Å². The van der Waals surface area contributed by atoms with Gasteiger partial charge < -0.3 is 0 Å². The molecule has 0 aliphatic carbocycles. The molecule has 0 aliphatic heterocycles. The third-order valence-corrected chi connectivity index (χ3v) is 3.85. The van der Waals surface area contributed by atoms with Crippen molar-refractivity contribution in [3.63, 3.8) is 0 Å². The summed E-state index contributed by atoms with van der Waals surface area (Å²) in [5.74, 6) is -0.382. The maximum absolute atomic E-state index is 14.0. The van der Waals surface area contributed by atoms with Gasteiger partial charge in [-0.15, -0.1) is 0 Å². The lowest BCUT2D eigenvalue weighted by atomic mass is 10.0. The van der Waals surface area contributed by atoms with Crippen LogP contribution < -0.4 is 0 Å². The number of aromatic nitrogens is 2. The lowest BCUT2D eigenvalue weighted by Crippen LogP contribution is -2.02. The zero-order valence-electron chi connectivity index (χ0n) is 13.3. The van der Waals surface area contributed by atoms with Crippen LogP contribution >= 0.6 is 0 Å². The van der Waals surface area contributed by atoms with Crippen molar-refractivity contribution in [3.8, 4) is 0 Å². The highest BCUT2D eigenvalue weighted by Gasteiger charge is 2.10. The summed E-state index contributed by atoms with van der Waals surface area (Å²) < 4.78 is 14.0. The number of hydrogen-bond acceptors (Lipinski definition) is 3. The van der Waals surface area contributed by atoms with Crippen LogP contribution in [-0.4, -0.2) is 15.7 Å². The van der Waals surface area contributed by atoms with Crippen LogP contribution in [0.1, 0.15) is 11.1 Å². The zero-order chi connectivity index (χ0) is 17.1. The smallest absolute Gasteiger partial charge is 0.127 e. The largest absolute Gasteiger partial charge is 0.253 e. The first-order valence-electron chi connectivity index (χ1n) is 7.91. The first kappa shape index (κ1) is 15.1. The van der Waals surface area contributed by atoms with Crippen molar-refractivity contribution in [3.05, 3.63) is 102 Å². The second kappa shape index (κ2) is 6.61. The molecule has 1 heterocycles. The Labute approximate surface area is 144 Å². The fourth-order valence-corrected chi connectivity index (χ4v) is 2.72. The quantitative estimate of drug-likeness (QED) is 0.500. The van der Waals surface area contributed by atoms with E-state index in [-0.39, 0.29) is 5.82 Å². The lowest BCUT2D eigenvalue weighted by Gasteiger charge is -2.09. The summed E-state index contributed by atoms with van der Waals surface area (Å²) in [6.45, 7) is 0. The highest BCUT2D eigenvalue weighted by molar-refractivity contribution is 6.14. The minimum absolute atomic E-state index is 0.382. The van der Waals surface area contributed by atoms with Gasteiger partial charge in [-0.1, -0.05) is 60.7 Å². The number of aliphatic imine (C=N–C) groups is 1. The average molecular weight is 327 g/mol. The number of halogens is 1. The zero-order valence-corrected chi connectivity index (χ0v) is 13.3. The van der Waals surface area contributed by atoms with Crippen molar-refractivity contribution in [1.29, 1.82) is 0 Å². The van der Waals surface area contributed by atoms with E-state index in [9.17, 15) is 4.39 Å². The second-order valence-corrected chi connectivity index (χ2v) is 5.54. The van der Waals surface area contributed by atoms with Gasteiger partial charge in [0, 0.05) is 35.7 Å². The number of hydrogen-bond donors (Lipinski definition) is 0. The highest BCUT2D eigenvalue weighted by Crippen LogP contribution is 2.26. The molecule has 0 amide bonds. The van der Waals surface area contributed by atoms with E-state index < -0.39 is 0 Å². The van der Waals surface area contributed by atoms with E-state index >= 15 is 0 Å². The molecule has 0 fully saturated rings. The summed E-state index contributed by atoms with van der Waals surface area (Å²) in [7, 11) is 0. The van der Waals surface area contributed by atoms with Crippen LogP contribution in [-0.2, 0) is 0 Å². The predicted molar refractivity (Wildman–Crippen MR) is 97.7 cm³/mol. The predicted octanol–water partition coefficient (Wildman–Crippen LogP) is 4.94. The summed E-state index contributed by atoms with van der Waals surface area (Å²) in [5.41, 5.74) is 4.20. The highest BCUT2D eigenvalue weighted by atomic mass is 19.1. The van der Waals surface area contributed by atoms with E-state index in [0.717, 1.165) is 16.8 Å². The third kappa shape index (κ3) is 3.15. The standard InChI is InChI=1S/C21H14FN3/c22-17-13-18-21(24-12-11-23-18)19(14-17)25-20(15-7-3-1-4-8-15)16-9-5-2-6-10-16/h1-14H. The van der Waals surface area contributed by atoms with Crippen LogP contribution in [0.5, 0.6) is 0 Å². The number of fused-ring (bicyclic) bond motifs is 1. The number of rotatable bonds is 3. The van der Waals surface area contributed by atoms with Gasteiger partial charge in [-0.2, -0.15) is 0 Å². The van der Waals surface area contributed by atoms with Gasteiger partial charge in [-0.3, -0.25) is 9.97 Å². The minimum Gasteiger partial charge on any atom is -0.253 e. The van der Waals surface area contributed by atoms with Crippen molar-refractivity contribution >= 4 is 22.4 Å². The molecule has 0 saturated heterocycles. The molecule has 0 bridgehead atoms. The SMILES string of the molecule is Fc1cc(N=C(c2ccccc2)c2ccccc2)c2nccnc2c1. The van der Waals surface area contributed by atoms with Crippen LogP contribution in [0.2, 0.25) is 0 Å². The van der Waals surface area contributed by atoms with Gasteiger partial charge in [0.2, 0.25) is 0 Å². The molecule has 1 aromatic heterocycles. The molecule has 0 radical (unpaired) electrons. The summed E-state index contributed by atoms with van der Waals surface area (Å²) in [6, 6.07) is 22.4. The molecule has 4 rings (SSSR count). The molecule has 3 nitrogen and oxygen atoms in total. The molecule has 4 aromatic rings. The van der Waals surface area contributed by atoms with Gasteiger partial charge in [0.15, 0.2) is 0 Å². The van der Waals surface area contributed by atoms with Crippen LogP contribution in [0, 0.1) is 5.82 Å². The normalized spacial score (nSPS) is 10.6. The minimum atomic E-state index is -0.382. The molecular weight excluding hydrogens is 313 g/mol. The molecule has 0 N–H and O–H groups in total. The van der Waals surface area contributed by atoms with E-state index in [1.54, 1.807) is 12.4 Å². The van der Waals surface area contributed by atoms with Crippen molar-refractivity contribution in [2.75, 3.05) is 0 Å². The fourth-order valence-electron chi connectivity index (χ4n) is 2.72. The summed E-state index contributed by atoms with van der Waals surface area (Å²) in [5, 5.41) is 0. The molecule has 4 heteroatoms. The van der Waals surface area contributed by atoms with Crippen LogP contribution in [0.4, 0.5) is 10.1 Å². The Morgan fingerprint density at radius 3 is 2.00 bits per heavy atom. The molecule has 0 atom stereocenters. The van der Waals surface area contributed by atoms with Gasteiger partial charge in [-0.25, -0.2) is 9.38 Å². The van der Waals surface area contributed by atoms with Gasteiger partial charge >= 0.3 is 0 Å². The number of benzene rings is 3. The second-order valence-electron chi connectivity index (χ2n) is 5.54. The summed E-state index contributed by atoms with van der Waals surface area (Å²) >= 11 is 0. The first-order valence-corrected chi connectivity index (χ1v) is 7.91. The van der Waals surface area contributed by atoms with Crippen LogP contribution in [0.15, 0.2) is 90.2 Å². The van der Waals surface area contributed by atoms with E-state index in [0.29, 0.717) is 16.7 Å². The Balaban J connectivity index is 1.97. The van der Waals surface area contributed by atoms with Gasteiger partial charge in [0.25, 0.3) is 0 Å². The molecule has 3 aromatic carbocycles. The lowest BCUT2D eigenvalue weighted by molar-refractivity contribution is 0.629. The van der Waals surface area contributed by atoms with Crippen molar-refractivity contribution in [2.45, 2.75) is 0 Å². The topological polar surface area (TPSA) is 38.1 Å². The Morgan fingerprint density at radius 2 is 1.36 bits per heavy atom. The van der Waals surface area contributed by atoms with Gasteiger partial charge in [-0.05, 0) is 0 Å². The van der Waals surface area contributed by atoms with E-state index in [4.69, 9.17) is 4.99 Å². The molecule has 0 unspecified atom stereocenters. The van der Waals surface area contributed by atoms with Crippen molar-refractivity contribution < 1.29 is 4.39 Å². The molecule has 0 spiro atoms. The fraction of sp³-hybridized carbons (Fsp3) is 0. The van der Waals surface area contributed by atoms with Crippen LogP contribution in [0.25, 0.3) is 11.0 Å². The summed E-state index contributed by atoms with van der Waals surface area (Å²) in [4.78, 5) is 13.3. The monoisotopic (exact) mass is 327 g/mol. The van der Waals surface area contributed by atoms with Crippen molar-refractivity contribution in [2.24, 2.45) is 4.99 Å². The first-order chi connectivity index (χ1) is 12.3. The Kier molecular flexibility index (Phi) is 4.01. The maximum atomic E-state index is 14.0. The van der Waals surface area contributed by atoms with E-state index in [1.807, 2.05) is 60.7 Å². The van der Waals surface area contributed by atoms with E-state index in [1.165, 1.54) is 12.1 Å². The Hall–Kier alpha value is -3.40. The average Bonchev–Trinajstić information content (AvgIpc) is 2.67. The van der Waals surface area contributed by atoms with Crippen LogP contribution in [0.3, 0.4) is 0 Å². The molecule has 120 valence electrons. The number of nitrogens with zero attached hydrogens (tertiary/aromatic N) is 3. The Bertz CT molecular complexity index is 1000. The maximum Gasteiger partial charge on any atom is 0.127 e. The Morgan fingerprint density at radius 1 is 0.760 bits per heavy atom. The molecule has 25 heavy (non-hydrogen) atoms. The summed E-state index contributed by atoms with van der Waals surface area (Å²) in [6.07, 6.45) is 3.13. The molecule has 0 saturated carbocycles. The van der Waals surface area contributed by atoms with Crippen molar-refractivity contribution in [1.82, 2.24) is 9.97 Å². The van der Waals surface area contributed by atoms with E-state index in [2.05, 4.69) is 9.97 Å². The van der Waals surface area contributed by atoms with Gasteiger partial charge in [0.1, 0.15) is 11.3 Å². The third-order valence-electron chi connectivity index (χ3n) is 3.85. The molecule has 0 aliphatic rings.